The Morgan fingerprint density at radius 1 is 0.590 bits per heavy atom. The van der Waals surface area contributed by atoms with E-state index in [1.54, 1.807) is 6.92 Å². The average Bonchev–Trinajstić information content (AvgIpc) is 2.84. The van der Waals surface area contributed by atoms with E-state index in [-0.39, 0.29) is 12.0 Å². The summed E-state index contributed by atoms with van der Waals surface area (Å²) in [5.41, 5.74) is -3.94. The molecule has 0 heterocycles. The van der Waals surface area contributed by atoms with Gasteiger partial charge in [0, 0.05) is 17.2 Å². The van der Waals surface area contributed by atoms with Crippen molar-refractivity contribution >= 4 is 0 Å². The van der Waals surface area contributed by atoms with Crippen molar-refractivity contribution in [2.24, 2.45) is 0 Å². The Morgan fingerprint density at radius 2 is 1.13 bits per heavy atom. The highest BCUT2D eigenvalue weighted by molar-refractivity contribution is 5.66. The number of hydrogen-bond acceptors (Lipinski definition) is 1. The Labute approximate surface area is 215 Å². The lowest BCUT2D eigenvalue weighted by molar-refractivity contribution is -0.189. The van der Waals surface area contributed by atoms with E-state index >= 15 is 0 Å². The Balaban J connectivity index is 1.65. The standard InChI is InChI=1S/C28H16F10O/c1-2-3-13-4-6-18(26(35)25(13)34)15-8-20(30)24(21(31)9-15)28(37,38)39-16-5-7-17(19(29)12-16)14-10-22(32)27(36)23(33)11-14/h4-12H,2-3H2,1H3. The topological polar surface area (TPSA) is 9.23 Å². The van der Waals surface area contributed by atoms with Crippen LogP contribution in [0.3, 0.4) is 0 Å². The fraction of sp³-hybridized carbons (Fsp3) is 0.143. The molecule has 0 aliphatic rings. The molecule has 0 radical (unpaired) electrons. The molecule has 0 fully saturated rings. The Kier molecular flexibility index (Phi) is 7.63. The summed E-state index contributed by atoms with van der Waals surface area (Å²) in [6.07, 6.45) is -4.02. The van der Waals surface area contributed by atoms with Crippen LogP contribution in [-0.4, -0.2) is 0 Å². The Bertz CT molecular complexity index is 1520. The minimum atomic E-state index is -4.72. The molecule has 0 saturated carbocycles. The second kappa shape index (κ2) is 10.6. The zero-order valence-electron chi connectivity index (χ0n) is 19.8. The summed E-state index contributed by atoms with van der Waals surface area (Å²) in [4.78, 5) is 0. The molecule has 1 nitrogen and oxygen atoms in total. The molecule has 0 spiro atoms. The first-order valence-electron chi connectivity index (χ1n) is 11.3. The van der Waals surface area contributed by atoms with Crippen LogP contribution in [0.2, 0.25) is 0 Å². The summed E-state index contributed by atoms with van der Waals surface area (Å²) < 4.78 is 147. The smallest absolute Gasteiger partial charge is 0.429 e. The van der Waals surface area contributed by atoms with Crippen molar-refractivity contribution in [2.45, 2.75) is 25.9 Å². The van der Waals surface area contributed by atoms with Crippen molar-refractivity contribution in [3.05, 3.63) is 112 Å². The lowest BCUT2D eigenvalue weighted by Gasteiger charge is -2.20. The van der Waals surface area contributed by atoms with Crippen LogP contribution in [0.1, 0.15) is 24.5 Å². The SMILES string of the molecule is CCCc1ccc(-c2cc(F)c(C(F)(F)Oc3ccc(-c4cc(F)c(F)c(F)c4)c(F)c3)c(F)c2)c(F)c1F. The number of hydrogen-bond donors (Lipinski definition) is 0. The molecule has 0 saturated heterocycles. The van der Waals surface area contributed by atoms with Gasteiger partial charge in [-0.3, -0.25) is 0 Å². The summed E-state index contributed by atoms with van der Waals surface area (Å²) in [6.45, 7) is 1.73. The molecule has 4 rings (SSSR count). The lowest BCUT2D eigenvalue weighted by atomic mass is 9.99. The molecule has 0 aromatic heterocycles. The van der Waals surface area contributed by atoms with Crippen molar-refractivity contribution in [2.75, 3.05) is 0 Å². The molecule has 4 aromatic rings. The van der Waals surface area contributed by atoms with E-state index in [1.165, 1.54) is 6.07 Å². The maximum Gasteiger partial charge on any atom is 0.432 e. The second-order valence-electron chi connectivity index (χ2n) is 8.48. The van der Waals surface area contributed by atoms with Gasteiger partial charge < -0.3 is 4.74 Å². The van der Waals surface area contributed by atoms with Gasteiger partial charge in [0.15, 0.2) is 29.1 Å². The highest BCUT2D eigenvalue weighted by Gasteiger charge is 2.41. The number of halogens is 10. The van der Waals surface area contributed by atoms with Crippen molar-refractivity contribution in [3.8, 4) is 28.0 Å². The van der Waals surface area contributed by atoms with Crippen LogP contribution >= 0.6 is 0 Å². The molecule has 4 aromatic carbocycles. The molecule has 0 aliphatic carbocycles. The largest absolute Gasteiger partial charge is 0.432 e. The van der Waals surface area contributed by atoms with E-state index in [0.717, 1.165) is 18.2 Å². The molecule has 0 bridgehead atoms. The van der Waals surface area contributed by atoms with Crippen molar-refractivity contribution in [1.82, 2.24) is 0 Å². The van der Waals surface area contributed by atoms with E-state index in [1.807, 2.05) is 0 Å². The van der Waals surface area contributed by atoms with Gasteiger partial charge >= 0.3 is 6.11 Å². The minimum absolute atomic E-state index is 0.0317. The molecular weight excluding hydrogens is 542 g/mol. The first-order chi connectivity index (χ1) is 18.3. The number of aryl methyl sites for hydroxylation is 1. The third kappa shape index (κ3) is 5.43. The normalized spacial score (nSPS) is 11.7. The van der Waals surface area contributed by atoms with E-state index in [4.69, 9.17) is 0 Å². The second-order valence-corrected chi connectivity index (χ2v) is 8.48. The lowest BCUT2D eigenvalue weighted by Crippen LogP contribution is -2.25. The molecule has 0 amide bonds. The number of rotatable bonds is 7. The summed E-state index contributed by atoms with van der Waals surface area (Å²) in [5.74, 6) is -13.6. The van der Waals surface area contributed by atoms with Gasteiger partial charge in [-0.1, -0.05) is 25.5 Å². The highest BCUT2D eigenvalue weighted by Crippen LogP contribution is 2.39. The molecule has 204 valence electrons. The third-order valence-corrected chi connectivity index (χ3v) is 5.81. The van der Waals surface area contributed by atoms with Gasteiger partial charge in [0.25, 0.3) is 0 Å². The average molecular weight is 558 g/mol. The number of benzene rings is 4. The molecule has 0 atom stereocenters. The van der Waals surface area contributed by atoms with Gasteiger partial charge in [0.1, 0.15) is 28.8 Å². The van der Waals surface area contributed by atoms with Gasteiger partial charge in [-0.15, -0.1) is 0 Å². The summed E-state index contributed by atoms with van der Waals surface area (Å²) in [7, 11) is 0. The van der Waals surface area contributed by atoms with Gasteiger partial charge in [-0.25, -0.2) is 35.1 Å². The molecule has 0 aliphatic heterocycles. The zero-order valence-corrected chi connectivity index (χ0v) is 19.8. The quantitative estimate of drug-likeness (QED) is 0.162. The van der Waals surface area contributed by atoms with Gasteiger partial charge in [0.05, 0.1) is 0 Å². The summed E-state index contributed by atoms with van der Waals surface area (Å²) in [5, 5.41) is 0. The van der Waals surface area contributed by atoms with Crippen LogP contribution in [0.4, 0.5) is 43.9 Å². The zero-order chi connectivity index (χ0) is 28.6. The maximum atomic E-state index is 14.8. The van der Waals surface area contributed by atoms with Crippen molar-refractivity contribution in [1.29, 1.82) is 0 Å². The fourth-order valence-corrected chi connectivity index (χ4v) is 3.98. The number of alkyl halides is 2. The molecule has 39 heavy (non-hydrogen) atoms. The number of ether oxygens (including phenoxy) is 1. The summed E-state index contributed by atoms with van der Waals surface area (Å²) >= 11 is 0. The van der Waals surface area contributed by atoms with Crippen LogP contribution < -0.4 is 4.74 Å². The van der Waals surface area contributed by atoms with Gasteiger partial charge in [-0.05, 0) is 59.5 Å². The predicted octanol–water partition coefficient (Wildman–Crippen LogP) is 9.21. The highest BCUT2D eigenvalue weighted by atomic mass is 19.3. The first kappa shape index (κ1) is 28.0. The monoisotopic (exact) mass is 558 g/mol. The minimum Gasteiger partial charge on any atom is -0.429 e. The van der Waals surface area contributed by atoms with E-state index in [9.17, 15) is 43.9 Å². The van der Waals surface area contributed by atoms with Crippen LogP contribution in [-0.2, 0) is 12.5 Å². The van der Waals surface area contributed by atoms with Crippen molar-refractivity contribution in [3.63, 3.8) is 0 Å². The maximum absolute atomic E-state index is 14.8. The fourth-order valence-electron chi connectivity index (χ4n) is 3.98. The van der Waals surface area contributed by atoms with E-state index in [0.29, 0.717) is 36.8 Å². The van der Waals surface area contributed by atoms with Crippen LogP contribution in [0, 0.1) is 46.5 Å². The van der Waals surface area contributed by atoms with Gasteiger partial charge in [-0.2, -0.15) is 8.78 Å². The molecule has 11 heteroatoms. The van der Waals surface area contributed by atoms with Crippen LogP contribution in [0.5, 0.6) is 5.75 Å². The molecule has 0 N–H and O–H groups in total. The summed E-state index contributed by atoms with van der Waals surface area (Å²) in [6, 6.07) is 5.84. The Morgan fingerprint density at radius 3 is 1.69 bits per heavy atom. The molecular formula is C28H16F10O. The van der Waals surface area contributed by atoms with Crippen LogP contribution in [0.25, 0.3) is 22.3 Å². The van der Waals surface area contributed by atoms with Crippen molar-refractivity contribution < 1.29 is 48.6 Å². The van der Waals surface area contributed by atoms with E-state index in [2.05, 4.69) is 4.74 Å². The predicted molar refractivity (Wildman–Crippen MR) is 122 cm³/mol. The Hall–Kier alpha value is -4.02. The van der Waals surface area contributed by atoms with E-state index < -0.39 is 86.2 Å². The molecule has 0 unspecified atom stereocenters. The van der Waals surface area contributed by atoms with Crippen LogP contribution in [0.15, 0.2) is 54.6 Å². The first-order valence-corrected chi connectivity index (χ1v) is 11.3. The third-order valence-electron chi connectivity index (χ3n) is 5.81. The van der Waals surface area contributed by atoms with Gasteiger partial charge in [0.2, 0.25) is 0 Å².